The average Bonchev–Trinajstić information content (AvgIpc) is 3.39. The third-order valence-corrected chi connectivity index (χ3v) is 8.84. The normalized spacial score (nSPS) is 31.4. The number of likely N-dealkylation sites (tertiary alicyclic amines) is 1. The molecule has 3 N–H and O–H groups in total. The molecule has 3 fully saturated rings. The van der Waals surface area contributed by atoms with Gasteiger partial charge in [-0.1, -0.05) is 37.3 Å². The smallest absolute Gasteiger partial charge is 0.250 e. The van der Waals surface area contributed by atoms with Crippen LogP contribution < -0.4 is 10.6 Å². The fourth-order valence-electron chi connectivity index (χ4n) is 6.89. The highest BCUT2D eigenvalue weighted by Gasteiger charge is 2.79. The summed E-state index contributed by atoms with van der Waals surface area (Å²) < 4.78 is 6.75. The zero-order valence-electron chi connectivity index (χ0n) is 22.5. The van der Waals surface area contributed by atoms with Gasteiger partial charge in [0.05, 0.1) is 17.4 Å². The third-order valence-electron chi connectivity index (χ3n) is 8.84. The number of hydrogen-bond acceptors (Lipinski definition) is 5. The van der Waals surface area contributed by atoms with Gasteiger partial charge < -0.3 is 25.4 Å². The summed E-state index contributed by atoms with van der Waals surface area (Å²) in [5.74, 6) is -2.34. The van der Waals surface area contributed by atoms with Gasteiger partial charge in [-0.15, -0.1) is 0 Å². The van der Waals surface area contributed by atoms with E-state index in [1.54, 1.807) is 4.90 Å². The topological polar surface area (TPSA) is 108 Å². The first-order valence-corrected chi connectivity index (χ1v) is 13.5. The van der Waals surface area contributed by atoms with Crippen molar-refractivity contribution in [2.75, 3.05) is 23.8 Å². The fourth-order valence-corrected chi connectivity index (χ4v) is 6.89. The number of para-hydroxylation sites is 1. The molecule has 6 atom stereocenters. The number of rotatable bonds is 8. The number of hydrogen-bond donors (Lipinski definition) is 3. The highest BCUT2D eigenvalue weighted by molar-refractivity contribution is 6.05. The lowest BCUT2D eigenvalue weighted by atomic mass is 9.62. The molecule has 0 aliphatic carbocycles. The maximum Gasteiger partial charge on any atom is 0.250 e. The molecule has 202 valence electrons. The second-order valence-electron chi connectivity index (χ2n) is 11.3. The van der Waals surface area contributed by atoms with Crippen molar-refractivity contribution in [2.45, 2.75) is 64.2 Å². The molecule has 3 heterocycles. The van der Waals surface area contributed by atoms with Crippen LogP contribution in [0, 0.1) is 31.6 Å². The van der Waals surface area contributed by atoms with Gasteiger partial charge in [-0.05, 0) is 75.3 Å². The minimum Gasteiger partial charge on any atom is -0.396 e. The van der Waals surface area contributed by atoms with E-state index in [0.717, 1.165) is 11.1 Å². The standard InChI is InChI=1S/C30H37N3O5/c1-18-12-13-19(2)22(16-18)32-27(36)25-30-17-20(3)29(4,38-30)23(26(35)31-21-10-6-5-7-11-21)24(30)28(37)33(25)14-8-9-15-34/h5-7,10-13,16,20,23-25,34H,8-9,14-15,17H2,1-4H3,(H,31,35)(H,32,36)/t20?,23-,24-,25?,29+,30?/m0/s1. The van der Waals surface area contributed by atoms with E-state index in [1.165, 1.54) is 0 Å². The third kappa shape index (κ3) is 4.10. The van der Waals surface area contributed by atoms with Crippen LogP contribution in [0.4, 0.5) is 11.4 Å². The maximum atomic E-state index is 14.1. The zero-order valence-corrected chi connectivity index (χ0v) is 22.5. The van der Waals surface area contributed by atoms with Crippen molar-refractivity contribution < 1.29 is 24.2 Å². The van der Waals surface area contributed by atoms with Gasteiger partial charge in [0, 0.05) is 24.5 Å². The Morgan fingerprint density at radius 1 is 1.08 bits per heavy atom. The number of aliphatic hydroxyl groups excluding tert-OH is 1. The summed E-state index contributed by atoms with van der Waals surface area (Å²) in [5.41, 5.74) is 1.30. The number of unbranched alkanes of at least 4 members (excludes halogenated alkanes) is 1. The van der Waals surface area contributed by atoms with Gasteiger partial charge in [0.2, 0.25) is 17.7 Å². The van der Waals surface area contributed by atoms with Crippen molar-refractivity contribution in [2.24, 2.45) is 17.8 Å². The van der Waals surface area contributed by atoms with Crippen LogP contribution in [0.5, 0.6) is 0 Å². The van der Waals surface area contributed by atoms with E-state index < -0.39 is 29.1 Å². The number of benzene rings is 2. The first-order chi connectivity index (χ1) is 18.1. The largest absolute Gasteiger partial charge is 0.396 e. The van der Waals surface area contributed by atoms with Crippen molar-refractivity contribution in [3.05, 3.63) is 59.7 Å². The SMILES string of the molecule is Cc1ccc(C)c(NC(=O)C2N(CCCCO)C(=O)[C@@H]3[C@@H](C(=O)Nc4ccccc4)[C@]4(C)OC23CC4C)c1. The Morgan fingerprint density at radius 3 is 2.53 bits per heavy atom. The highest BCUT2D eigenvalue weighted by Crippen LogP contribution is 2.65. The molecule has 0 aromatic heterocycles. The minimum absolute atomic E-state index is 0.00363. The Bertz CT molecular complexity index is 1250. The molecule has 3 saturated heterocycles. The van der Waals surface area contributed by atoms with Gasteiger partial charge in [0.15, 0.2) is 0 Å². The van der Waals surface area contributed by atoms with E-state index in [9.17, 15) is 19.5 Å². The summed E-state index contributed by atoms with van der Waals surface area (Å²) in [6, 6.07) is 14.2. The molecule has 3 aliphatic heterocycles. The molecule has 5 rings (SSSR count). The van der Waals surface area contributed by atoms with Crippen molar-refractivity contribution >= 4 is 29.1 Å². The molecule has 1 spiro atoms. The summed E-state index contributed by atoms with van der Waals surface area (Å²) in [6.07, 6.45) is 1.57. The van der Waals surface area contributed by atoms with Crippen LogP contribution in [-0.4, -0.2) is 58.1 Å². The summed E-state index contributed by atoms with van der Waals surface area (Å²) in [4.78, 5) is 43.5. The quantitative estimate of drug-likeness (QED) is 0.462. The van der Waals surface area contributed by atoms with Crippen molar-refractivity contribution in [1.29, 1.82) is 0 Å². The van der Waals surface area contributed by atoms with E-state index in [2.05, 4.69) is 10.6 Å². The molecule has 8 heteroatoms. The fraction of sp³-hybridized carbons (Fsp3) is 0.500. The molecule has 2 aromatic rings. The summed E-state index contributed by atoms with van der Waals surface area (Å²) >= 11 is 0. The van der Waals surface area contributed by atoms with Crippen molar-refractivity contribution in [3.63, 3.8) is 0 Å². The molecule has 8 nitrogen and oxygen atoms in total. The lowest BCUT2D eigenvalue weighted by Gasteiger charge is -2.36. The number of nitrogens with one attached hydrogen (secondary N) is 2. The number of carbonyl (C=O) groups excluding carboxylic acids is 3. The molecule has 3 aliphatic rings. The van der Waals surface area contributed by atoms with Gasteiger partial charge >= 0.3 is 0 Å². The molecule has 38 heavy (non-hydrogen) atoms. The Balaban J connectivity index is 1.53. The number of aryl methyl sites for hydroxylation is 2. The molecule has 3 unspecified atom stereocenters. The van der Waals surface area contributed by atoms with Gasteiger partial charge in [-0.3, -0.25) is 14.4 Å². The van der Waals surface area contributed by atoms with Crippen LogP contribution in [0.25, 0.3) is 0 Å². The van der Waals surface area contributed by atoms with Crippen LogP contribution in [0.15, 0.2) is 48.5 Å². The van der Waals surface area contributed by atoms with Crippen LogP contribution in [0.2, 0.25) is 0 Å². The van der Waals surface area contributed by atoms with Crippen LogP contribution in [0.1, 0.15) is 44.2 Å². The summed E-state index contributed by atoms with van der Waals surface area (Å²) in [7, 11) is 0. The number of ether oxygens (including phenoxy) is 1. The van der Waals surface area contributed by atoms with Crippen molar-refractivity contribution in [3.8, 4) is 0 Å². The first-order valence-electron chi connectivity index (χ1n) is 13.5. The zero-order chi connectivity index (χ0) is 27.2. The molecular weight excluding hydrogens is 482 g/mol. The van der Waals surface area contributed by atoms with Gasteiger partial charge in [0.25, 0.3) is 0 Å². The summed E-state index contributed by atoms with van der Waals surface area (Å²) in [5, 5.41) is 15.4. The number of anilines is 2. The number of amides is 3. The number of carbonyl (C=O) groups is 3. The van der Waals surface area contributed by atoms with E-state index in [0.29, 0.717) is 37.2 Å². The number of aliphatic hydroxyl groups is 1. The van der Waals surface area contributed by atoms with Crippen LogP contribution in [-0.2, 0) is 19.1 Å². The predicted octanol–water partition coefficient (Wildman–Crippen LogP) is 3.66. The molecular formula is C30H37N3O5. The van der Waals surface area contributed by atoms with Crippen LogP contribution in [0.3, 0.4) is 0 Å². The Kier molecular flexibility index (Phi) is 6.82. The van der Waals surface area contributed by atoms with E-state index >= 15 is 0 Å². The second-order valence-corrected chi connectivity index (χ2v) is 11.3. The van der Waals surface area contributed by atoms with Gasteiger partial charge in [0.1, 0.15) is 11.6 Å². The monoisotopic (exact) mass is 519 g/mol. The number of fused-ring (bicyclic) bond motifs is 1. The minimum atomic E-state index is -1.11. The molecule has 2 aromatic carbocycles. The van der Waals surface area contributed by atoms with E-state index in [4.69, 9.17) is 4.74 Å². The number of nitrogens with zero attached hydrogens (tertiary/aromatic N) is 1. The Morgan fingerprint density at radius 2 is 1.82 bits per heavy atom. The Hall–Kier alpha value is -3.23. The average molecular weight is 520 g/mol. The lowest BCUT2D eigenvalue weighted by molar-refractivity contribution is -0.144. The first kappa shape index (κ1) is 26.4. The molecule has 0 saturated carbocycles. The molecule has 0 radical (unpaired) electrons. The lowest BCUT2D eigenvalue weighted by Crippen LogP contribution is -2.54. The van der Waals surface area contributed by atoms with Gasteiger partial charge in [-0.25, -0.2) is 0 Å². The Labute approximate surface area is 223 Å². The summed E-state index contributed by atoms with van der Waals surface area (Å²) in [6.45, 7) is 8.15. The van der Waals surface area contributed by atoms with E-state index in [-0.39, 0.29) is 30.2 Å². The van der Waals surface area contributed by atoms with E-state index in [1.807, 2.05) is 76.2 Å². The van der Waals surface area contributed by atoms with Crippen molar-refractivity contribution in [1.82, 2.24) is 4.90 Å². The maximum absolute atomic E-state index is 14.1. The predicted molar refractivity (Wildman–Crippen MR) is 144 cm³/mol. The van der Waals surface area contributed by atoms with Crippen LogP contribution >= 0.6 is 0 Å². The highest BCUT2D eigenvalue weighted by atomic mass is 16.5. The molecule has 2 bridgehead atoms. The van der Waals surface area contributed by atoms with Gasteiger partial charge in [-0.2, -0.15) is 0 Å². The molecule has 3 amide bonds. The second kappa shape index (κ2) is 9.82.